The molecule has 2 aromatic carbocycles. The molecule has 0 amide bonds. The van der Waals surface area contributed by atoms with E-state index in [1.54, 1.807) is 12.1 Å². The maximum absolute atomic E-state index is 11.3. The van der Waals surface area contributed by atoms with Crippen LogP contribution >= 0.6 is 0 Å². The second-order valence-corrected chi connectivity index (χ2v) is 5.78. The van der Waals surface area contributed by atoms with Crippen LogP contribution < -0.4 is 0 Å². The van der Waals surface area contributed by atoms with Crippen LogP contribution in [0.25, 0.3) is 0 Å². The van der Waals surface area contributed by atoms with Crippen molar-refractivity contribution in [3.63, 3.8) is 0 Å². The molecule has 0 spiro atoms. The van der Waals surface area contributed by atoms with Gasteiger partial charge in [0.2, 0.25) is 6.54 Å². The lowest BCUT2D eigenvalue weighted by molar-refractivity contribution is -0.483. The largest absolute Gasteiger partial charge is 0.458 e. The number of carbonyl (C=O) groups excluding carboxylic acids is 1. The molecule has 3 aromatic rings. The van der Waals surface area contributed by atoms with Gasteiger partial charge in [0.25, 0.3) is 0 Å². The fourth-order valence-electron chi connectivity index (χ4n) is 3.12. The van der Waals surface area contributed by atoms with Crippen LogP contribution in [0.1, 0.15) is 39.3 Å². The van der Waals surface area contributed by atoms with Crippen LogP contribution in [0.3, 0.4) is 0 Å². The van der Waals surface area contributed by atoms with Crippen LogP contribution in [-0.4, -0.2) is 17.8 Å². The van der Waals surface area contributed by atoms with Crippen LogP contribution in [0, 0.1) is 10.1 Å². The monoisotopic (exact) mass is 335 g/mol. The highest BCUT2D eigenvalue weighted by Crippen LogP contribution is 2.39. The third-order valence-electron chi connectivity index (χ3n) is 4.20. The molecule has 5 heteroatoms. The molecule has 2 atom stereocenters. The Kier molecular flexibility index (Phi) is 5.04. The van der Waals surface area contributed by atoms with Crippen molar-refractivity contribution < 1.29 is 14.1 Å². The zero-order valence-electron chi connectivity index (χ0n) is 13.4. The molecule has 1 heterocycles. The van der Waals surface area contributed by atoms with Gasteiger partial charge in [-0.1, -0.05) is 60.7 Å². The second-order valence-electron chi connectivity index (χ2n) is 5.78. The van der Waals surface area contributed by atoms with Gasteiger partial charge in [0.1, 0.15) is 5.76 Å². The molecular formula is C20H17NO4. The van der Waals surface area contributed by atoms with E-state index in [0.29, 0.717) is 12.0 Å². The van der Waals surface area contributed by atoms with E-state index in [1.165, 1.54) is 0 Å². The summed E-state index contributed by atoms with van der Waals surface area (Å²) in [6.45, 7) is -0.235. The lowest BCUT2D eigenvalue weighted by atomic mass is 9.80. The number of aldehydes is 1. The number of furan rings is 1. The van der Waals surface area contributed by atoms with E-state index in [-0.39, 0.29) is 23.1 Å². The molecule has 0 aliphatic heterocycles. The topological polar surface area (TPSA) is 73.3 Å². The minimum absolute atomic E-state index is 0.212. The first-order chi connectivity index (χ1) is 12.2. The number of hydrogen-bond acceptors (Lipinski definition) is 4. The third kappa shape index (κ3) is 3.83. The van der Waals surface area contributed by atoms with Gasteiger partial charge in [0, 0.05) is 4.92 Å². The van der Waals surface area contributed by atoms with Gasteiger partial charge in [-0.25, -0.2) is 0 Å². The van der Waals surface area contributed by atoms with Gasteiger partial charge in [-0.3, -0.25) is 14.9 Å². The van der Waals surface area contributed by atoms with Crippen molar-refractivity contribution in [2.75, 3.05) is 6.54 Å². The van der Waals surface area contributed by atoms with Crippen LogP contribution in [0.2, 0.25) is 0 Å². The number of nitrogens with zero attached hydrogens (tertiary/aromatic N) is 1. The van der Waals surface area contributed by atoms with Gasteiger partial charge < -0.3 is 4.42 Å². The highest BCUT2D eigenvalue weighted by atomic mass is 16.6. The summed E-state index contributed by atoms with van der Waals surface area (Å²) in [4.78, 5) is 22.0. The lowest BCUT2D eigenvalue weighted by Crippen LogP contribution is -2.21. The first-order valence-electron chi connectivity index (χ1n) is 7.95. The number of rotatable bonds is 7. The molecule has 0 unspecified atom stereocenters. The summed E-state index contributed by atoms with van der Waals surface area (Å²) in [5.74, 6) is -0.0141. The molecule has 0 aliphatic rings. The minimum atomic E-state index is -0.413. The maximum atomic E-state index is 11.3. The average Bonchev–Trinajstić information content (AvgIpc) is 3.11. The molecule has 0 fully saturated rings. The standard InChI is InChI=1S/C20H17NO4/c22-14-17-11-12-19(25-17)20(16-9-5-2-6-10-16)18(13-21(23)24)15-7-3-1-4-8-15/h1-12,14,18,20H,13H2/t18-,20+/m1/s1. The van der Waals surface area contributed by atoms with E-state index in [0.717, 1.165) is 11.1 Å². The summed E-state index contributed by atoms with van der Waals surface area (Å²) in [6, 6.07) is 22.2. The number of nitro groups is 1. The van der Waals surface area contributed by atoms with E-state index < -0.39 is 5.92 Å². The average molecular weight is 335 g/mol. The summed E-state index contributed by atoms with van der Waals surface area (Å²) in [6.07, 6.45) is 0.635. The molecular weight excluding hydrogens is 318 g/mol. The predicted molar refractivity (Wildman–Crippen MR) is 93.4 cm³/mol. The quantitative estimate of drug-likeness (QED) is 0.367. The van der Waals surface area contributed by atoms with Gasteiger partial charge in [-0.2, -0.15) is 0 Å². The molecule has 0 saturated carbocycles. The summed E-state index contributed by atoms with van der Waals surface area (Å²) in [7, 11) is 0. The Morgan fingerprint density at radius 1 is 0.920 bits per heavy atom. The van der Waals surface area contributed by atoms with E-state index >= 15 is 0 Å². The maximum Gasteiger partial charge on any atom is 0.211 e. The van der Waals surface area contributed by atoms with Crippen LogP contribution in [-0.2, 0) is 0 Å². The summed E-state index contributed by atoms with van der Waals surface area (Å²) >= 11 is 0. The zero-order valence-corrected chi connectivity index (χ0v) is 13.4. The number of hydrogen-bond donors (Lipinski definition) is 0. The van der Waals surface area contributed by atoms with Crippen molar-refractivity contribution in [1.29, 1.82) is 0 Å². The Morgan fingerprint density at radius 2 is 1.52 bits per heavy atom. The molecule has 0 aliphatic carbocycles. The Labute approximate surface area is 145 Å². The highest BCUT2D eigenvalue weighted by Gasteiger charge is 2.32. The first-order valence-corrected chi connectivity index (χ1v) is 7.95. The van der Waals surface area contributed by atoms with Crippen LogP contribution in [0.4, 0.5) is 0 Å². The third-order valence-corrected chi connectivity index (χ3v) is 4.20. The summed E-state index contributed by atoms with van der Waals surface area (Å²) < 4.78 is 5.64. The molecule has 1 aromatic heterocycles. The van der Waals surface area contributed by atoms with E-state index in [9.17, 15) is 14.9 Å². The molecule has 0 N–H and O–H groups in total. The fraction of sp³-hybridized carbons (Fsp3) is 0.150. The predicted octanol–water partition coefficient (Wildman–Crippen LogP) is 4.28. The summed E-state index contributed by atoms with van der Waals surface area (Å²) in [5, 5.41) is 11.3. The van der Waals surface area contributed by atoms with Gasteiger partial charge in [-0.15, -0.1) is 0 Å². The van der Waals surface area contributed by atoms with Gasteiger partial charge >= 0.3 is 0 Å². The van der Waals surface area contributed by atoms with Crippen molar-refractivity contribution in [3.05, 3.63) is 106 Å². The first kappa shape index (κ1) is 16.6. The molecule has 5 nitrogen and oxygen atoms in total. The SMILES string of the molecule is O=Cc1ccc([C@@H](c2ccccc2)[C@H](C[N+](=O)[O-])c2ccccc2)o1. The normalized spacial score (nSPS) is 13.1. The molecule has 25 heavy (non-hydrogen) atoms. The lowest BCUT2D eigenvalue weighted by Gasteiger charge is -2.23. The zero-order chi connectivity index (χ0) is 17.6. The van der Waals surface area contributed by atoms with E-state index in [2.05, 4.69) is 0 Å². The fourth-order valence-corrected chi connectivity index (χ4v) is 3.12. The van der Waals surface area contributed by atoms with Crippen LogP contribution in [0.5, 0.6) is 0 Å². The van der Waals surface area contributed by atoms with Crippen molar-refractivity contribution >= 4 is 6.29 Å². The number of carbonyl (C=O) groups is 1. The minimum Gasteiger partial charge on any atom is -0.458 e. The Bertz CT molecular complexity index is 842. The van der Waals surface area contributed by atoms with Crippen molar-refractivity contribution in [2.24, 2.45) is 0 Å². The highest BCUT2D eigenvalue weighted by molar-refractivity contribution is 5.70. The molecule has 0 bridgehead atoms. The number of benzene rings is 2. The second kappa shape index (κ2) is 7.57. The molecule has 3 rings (SSSR count). The Hall–Kier alpha value is -3.21. The van der Waals surface area contributed by atoms with Crippen molar-refractivity contribution in [2.45, 2.75) is 11.8 Å². The molecule has 0 radical (unpaired) electrons. The Balaban J connectivity index is 2.12. The van der Waals surface area contributed by atoms with Crippen molar-refractivity contribution in [3.8, 4) is 0 Å². The Morgan fingerprint density at radius 3 is 2.04 bits per heavy atom. The smallest absolute Gasteiger partial charge is 0.211 e. The molecule has 126 valence electrons. The van der Waals surface area contributed by atoms with Crippen LogP contribution in [0.15, 0.2) is 77.2 Å². The van der Waals surface area contributed by atoms with Gasteiger partial charge in [0.05, 0.1) is 11.8 Å². The molecule has 0 saturated heterocycles. The van der Waals surface area contributed by atoms with Crippen molar-refractivity contribution in [1.82, 2.24) is 0 Å². The van der Waals surface area contributed by atoms with Gasteiger partial charge in [-0.05, 0) is 23.3 Å². The van der Waals surface area contributed by atoms with E-state index in [1.807, 2.05) is 60.7 Å². The van der Waals surface area contributed by atoms with Gasteiger partial charge in [0.15, 0.2) is 12.0 Å². The summed E-state index contributed by atoms with van der Waals surface area (Å²) in [5.41, 5.74) is 1.77. The van der Waals surface area contributed by atoms with E-state index in [4.69, 9.17) is 4.42 Å².